The molecule has 10 heteroatoms. The molecule has 2 aliphatic rings. The van der Waals surface area contributed by atoms with Gasteiger partial charge in [-0.05, 0) is 13.3 Å². The number of carbonyl (C=O) groups excluding carboxylic acids is 2. The van der Waals surface area contributed by atoms with Crippen molar-refractivity contribution in [1.29, 1.82) is 0 Å². The average molecular weight is 452 g/mol. The Labute approximate surface area is 187 Å². The standard InChI is InChI=1S/C22H33N3O7/c1-11(12(2)26)21-18(32-21)5-13-10-31-17(20(30)19(13)29)7-15(27)6-16(28)14-8-23-22(24-9-14)25(3)4/h8-9,11-13,17-21,26,29-30H,5-7,10H2,1-4H3/t11-,12-,13-,17-,18-,19+,20-,21-/m0/s1. The topological polar surface area (TPSA) is 146 Å². The lowest BCUT2D eigenvalue weighted by atomic mass is 9.85. The third-order valence-electron chi connectivity index (χ3n) is 6.32. The molecule has 0 aromatic carbocycles. The average Bonchev–Trinajstić information content (AvgIpc) is 3.51. The maximum Gasteiger partial charge on any atom is 0.224 e. The SMILES string of the molecule is C[C@H]([C@@H]1O[C@H]1C[C@H]1CO[C@@H](CC(=O)CC(=O)c2cnc(N(C)C)nc2)[C@H](O)[C@@H]1O)[C@H](C)O. The minimum atomic E-state index is -1.23. The first kappa shape index (κ1) is 24.7. The number of hydrogen-bond acceptors (Lipinski definition) is 10. The van der Waals surface area contributed by atoms with Gasteiger partial charge in [-0.3, -0.25) is 9.59 Å². The molecule has 3 N–H and O–H groups in total. The minimum Gasteiger partial charge on any atom is -0.393 e. The number of hydrogen-bond donors (Lipinski definition) is 3. The van der Waals surface area contributed by atoms with Gasteiger partial charge in [0.2, 0.25) is 5.95 Å². The zero-order valence-corrected chi connectivity index (χ0v) is 18.9. The molecule has 0 unspecified atom stereocenters. The molecule has 1 aromatic rings. The molecule has 2 fully saturated rings. The van der Waals surface area contributed by atoms with Crippen LogP contribution >= 0.6 is 0 Å². The quantitative estimate of drug-likeness (QED) is 0.252. The number of aromatic nitrogens is 2. The first-order valence-electron chi connectivity index (χ1n) is 10.9. The van der Waals surface area contributed by atoms with E-state index < -0.39 is 36.0 Å². The highest BCUT2D eigenvalue weighted by Gasteiger charge is 2.48. The normalized spacial score (nSPS) is 31.6. The van der Waals surface area contributed by atoms with Gasteiger partial charge in [0.15, 0.2) is 5.78 Å². The predicted molar refractivity (Wildman–Crippen MR) is 114 cm³/mol. The summed E-state index contributed by atoms with van der Waals surface area (Å²) >= 11 is 0. The molecule has 10 nitrogen and oxygen atoms in total. The summed E-state index contributed by atoms with van der Waals surface area (Å²) in [7, 11) is 3.56. The number of ketones is 2. The van der Waals surface area contributed by atoms with Gasteiger partial charge in [-0.1, -0.05) is 6.92 Å². The monoisotopic (exact) mass is 451 g/mol. The molecule has 2 aliphatic heterocycles. The molecule has 1 aromatic heterocycles. The van der Waals surface area contributed by atoms with Gasteiger partial charge in [0.1, 0.15) is 11.9 Å². The molecule has 0 spiro atoms. The molecule has 3 heterocycles. The second-order valence-electron chi connectivity index (χ2n) is 9.10. The van der Waals surface area contributed by atoms with Crippen LogP contribution in [0.15, 0.2) is 12.4 Å². The van der Waals surface area contributed by atoms with Crippen LogP contribution in [0.2, 0.25) is 0 Å². The zero-order valence-electron chi connectivity index (χ0n) is 18.9. The number of carbonyl (C=O) groups is 2. The summed E-state index contributed by atoms with van der Waals surface area (Å²) in [6.07, 6.45) is -1.08. The van der Waals surface area contributed by atoms with Crippen molar-refractivity contribution >= 4 is 17.5 Å². The van der Waals surface area contributed by atoms with Gasteiger partial charge in [0.25, 0.3) is 0 Å². The summed E-state index contributed by atoms with van der Waals surface area (Å²) in [5, 5.41) is 30.7. The van der Waals surface area contributed by atoms with E-state index >= 15 is 0 Å². The van der Waals surface area contributed by atoms with Crippen LogP contribution in [0.3, 0.4) is 0 Å². The lowest BCUT2D eigenvalue weighted by Gasteiger charge is -2.37. The van der Waals surface area contributed by atoms with Gasteiger partial charge in [0.05, 0.1) is 49.1 Å². The van der Waals surface area contributed by atoms with Crippen LogP contribution in [0.25, 0.3) is 0 Å². The Bertz CT molecular complexity index is 801. The summed E-state index contributed by atoms with van der Waals surface area (Å²) in [5.41, 5.74) is 0.236. The van der Waals surface area contributed by atoms with Gasteiger partial charge in [-0.25, -0.2) is 9.97 Å². The van der Waals surface area contributed by atoms with Crippen LogP contribution in [0, 0.1) is 11.8 Å². The van der Waals surface area contributed by atoms with Crippen molar-refractivity contribution < 1.29 is 34.4 Å². The smallest absolute Gasteiger partial charge is 0.224 e. The number of nitrogens with zero attached hydrogens (tertiary/aromatic N) is 3. The van der Waals surface area contributed by atoms with E-state index in [-0.39, 0.29) is 49.1 Å². The van der Waals surface area contributed by atoms with Gasteiger partial charge in [0, 0.05) is 44.7 Å². The van der Waals surface area contributed by atoms with E-state index in [1.807, 2.05) is 6.92 Å². The zero-order chi connectivity index (χ0) is 23.6. The van der Waals surface area contributed by atoms with E-state index in [4.69, 9.17) is 9.47 Å². The second-order valence-corrected chi connectivity index (χ2v) is 9.10. The van der Waals surface area contributed by atoms with Crippen molar-refractivity contribution in [2.75, 3.05) is 25.6 Å². The number of aliphatic hydroxyl groups is 3. The van der Waals surface area contributed by atoms with Crippen LogP contribution in [0.1, 0.15) is 43.5 Å². The van der Waals surface area contributed by atoms with Crippen molar-refractivity contribution in [3.05, 3.63) is 18.0 Å². The molecule has 8 atom stereocenters. The molecular formula is C22H33N3O7. The van der Waals surface area contributed by atoms with Crippen LogP contribution < -0.4 is 4.90 Å². The number of ether oxygens (including phenoxy) is 2. The van der Waals surface area contributed by atoms with E-state index in [0.717, 1.165) is 0 Å². The Kier molecular flexibility index (Phi) is 7.94. The second kappa shape index (κ2) is 10.3. The maximum absolute atomic E-state index is 12.4. The number of anilines is 1. The molecular weight excluding hydrogens is 418 g/mol. The van der Waals surface area contributed by atoms with Gasteiger partial charge in [-0.15, -0.1) is 0 Å². The number of rotatable bonds is 10. The third-order valence-corrected chi connectivity index (χ3v) is 6.32. The largest absolute Gasteiger partial charge is 0.393 e. The minimum absolute atomic E-state index is 0.0148. The molecule has 0 bridgehead atoms. The van der Waals surface area contributed by atoms with Crippen LogP contribution in [-0.2, 0) is 14.3 Å². The first-order valence-corrected chi connectivity index (χ1v) is 10.9. The molecule has 0 aliphatic carbocycles. The van der Waals surface area contributed by atoms with Crippen molar-refractivity contribution in [3.8, 4) is 0 Å². The Morgan fingerprint density at radius 3 is 2.41 bits per heavy atom. The maximum atomic E-state index is 12.4. The highest BCUT2D eigenvalue weighted by molar-refractivity contribution is 6.07. The van der Waals surface area contributed by atoms with E-state index in [1.54, 1.807) is 25.9 Å². The molecule has 0 saturated carbocycles. The van der Waals surface area contributed by atoms with Gasteiger partial charge in [-0.2, -0.15) is 0 Å². The summed E-state index contributed by atoms with van der Waals surface area (Å²) in [4.78, 5) is 34.6. The van der Waals surface area contributed by atoms with E-state index in [1.165, 1.54) is 12.4 Å². The van der Waals surface area contributed by atoms with Gasteiger partial charge < -0.3 is 29.7 Å². The Morgan fingerprint density at radius 1 is 1.16 bits per heavy atom. The molecule has 2 saturated heterocycles. The Balaban J connectivity index is 1.47. The number of aliphatic hydroxyl groups excluding tert-OH is 3. The van der Waals surface area contributed by atoms with E-state index in [9.17, 15) is 24.9 Å². The summed E-state index contributed by atoms with van der Waals surface area (Å²) in [6, 6.07) is 0. The fraction of sp³-hybridized carbons (Fsp3) is 0.727. The molecule has 32 heavy (non-hydrogen) atoms. The Morgan fingerprint density at radius 2 is 1.81 bits per heavy atom. The predicted octanol–water partition coefficient (Wildman–Crippen LogP) is -0.0142. The van der Waals surface area contributed by atoms with E-state index in [0.29, 0.717) is 12.4 Å². The summed E-state index contributed by atoms with van der Waals surface area (Å²) in [6.45, 7) is 3.80. The Hall–Kier alpha value is -1.98. The van der Waals surface area contributed by atoms with E-state index in [2.05, 4.69) is 9.97 Å². The summed E-state index contributed by atoms with van der Waals surface area (Å²) < 4.78 is 11.3. The molecule has 0 amide bonds. The molecule has 3 rings (SSSR count). The van der Waals surface area contributed by atoms with Crippen molar-refractivity contribution in [1.82, 2.24) is 9.97 Å². The molecule has 178 valence electrons. The number of Topliss-reactive ketones (excluding diaryl/α,β-unsaturated/α-hetero) is 2. The third kappa shape index (κ3) is 5.87. The molecule has 0 radical (unpaired) electrons. The lowest BCUT2D eigenvalue weighted by molar-refractivity contribution is -0.170. The van der Waals surface area contributed by atoms with Crippen molar-refractivity contribution in [2.45, 2.75) is 69.7 Å². The summed E-state index contributed by atoms with van der Waals surface area (Å²) in [5.74, 6) is -0.690. The van der Waals surface area contributed by atoms with Crippen LogP contribution in [-0.4, -0.2) is 94.2 Å². The fourth-order valence-corrected chi connectivity index (χ4v) is 3.99. The highest BCUT2D eigenvalue weighted by atomic mass is 16.6. The highest BCUT2D eigenvalue weighted by Crippen LogP contribution is 2.38. The van der Waals surface area contributed by atoms with Crippen molar-refractivity contribution in [2.24, 2.45) is 11.8 Å². The fourth-order valence-electron chi connectivity index (χ4n) is 3.99. The van der Waals surface area contributed by atoms with Crippen molar-refractivity contribution in [3.63, 3.8) is 0 Å². The number of epoxide rings is 1. The van der Waals surface area contributed by atoms with Crippen LogP contribution in [0.5, 0.6) is 0 Å². The van der Waals surface area contributed by atoms with Crippen LogP contribution in [0.4, 0.5) is 5.95 Å². The first-order chi connectivity index (χ1) is 15.1. The lowest BCUT2D eigenvalue weighted by Crippen LogP contribution is -2.51. The van der Waals surface area contributed by atoms with Gasteiger partial charge >= 0.3 is 0 Å².